The highest BCUT2D eigenvalue weighted by Crippen LogP contribution is 2.23. The molecule has 3 rings (SSSR count). The molecule has 0 aliphatic rings. The molecule has 7 heteroatoms. The highest BCUT2D eigenvalue weighted by molar-refractivity contribution is 7.89. The molecule has 0 aliphatic heterocycles. The number of amides is 1. The molecule has 0 fully saturated rings. The summed E-state index contributed by atoms with van der Waals surface area (Å²) < 4.78 is 27.9. The molecule has 124 valence electrons. The maximum Gasteiger partial charge on any atom is 0.238 e. The van der Waals surface area contributed by atoms with Crippen molar-refractivity contribution in [1.82, 2.24) is 0 Å². The maximum absolute atomic E-state index is 12.2. The third kappa shape index (κ3) is 3.47. The topological polar surface area (TPSA) is 102 Å². The average Bonchev–Trinajstić information content (AvgIpc) is 2.89. The van der Waals surface area contributed by atoms with E-state index in [0.717, 1.165) is 22.1 Å². The number of furan rings is 1. The summed E-state index contributed by atoms with van der Waals surface area (Å²) in [7, 11) is -3.74. The van der Waals surface area contributed by atoms with E-state index in [1.54, 1.807) is 6.26 Å². The van der Waals surface area contributed by atoms with Crippen molar-refractivity contribution in [1.29, 1.82) is 0 Å². The number of hydrogen-bond acceptors (Lipinski definition) is 4. The fraction of sp³-hybridized carbons (Fsp3) is 0.118. The molecule has 3 N–H and O–H groups in total. The van der Waals surface area contributed by atoms with Gasteiger partial charge in [0, 0.05) is 16.6 Å². The van der Waals surface area contributed by atoms with Crippen LogP contribution in [0.5, 0.6) is 0 Å². The SMILES string of the molecule is Cc1ccc2c(CC(=O)Nc3ccc(S(N)(=O)=O)cc3)coc2c1. The van der Waals surface area contributed by atoms with Gasteiger partial charge in [-0.25, -0.2) is 13.6 Å². The van der Waals surface area contributed by atoms with Gasteiger partial charge in [0.05, 0.1) is 17.6 Å². The number of carbonyl (C=O) groups excluding carboxylic acids is 1. The number of fused-ring (bicyclic) bond motifs is 1. The van der Waals surface area contributed by atoms with Crippen LogP contribution in [0.25, 0.3) is 11.0 Å². The number of aryl methyl sites for hydroxylation is 1. The summed E-state index contributed by atoms with van der Waals surface area (Å²) in [6.45, 7) is 1.97. The maximum atomic E-state index is 12.2. The van der Waals surface area contributed by atoms with Gasteiger partial charge in [-0.05, 0) is 42.8 Å². The van der Waals surface area contributed by atoms with Crippen molar-refractivity contribution in [3.8, 4) is 0 Å². The molecule has 0 radical (unpaired) electrons. The molecular formula is C17H16N2O4S. The van der Waals surface area contributed by atoms with E-state index in [2.05, 4.69) is 5.32 Å². The van der Waals surface area contributed by atoms with Crippen LogP contribution in [0.15, 0.2) is 58.0 Å². The summed E-state index contributed by atoms with van der Waals surface area (Å²) in [6.07, 6.45) is 1.74. The second-order valence-corrected chi connectivity index (χ2v) is 7.12. The molecule has 0 spiro atoms. The minimum absolute atomic E-state index is 0.00306. The van der Waals surface area contributed by atoms with E-state index in [4.69, 9.17) is 9.56 Å². The van der Waals surface area contributed by atoms with Gasteiger partial charge in [0.25, 0.3) is 0 Å². The van der Waals surface area contributed by atoms with Crippen molar-refractivity contribution in [2.24, 2.45) is 5.14 Å². The number of carbonyl (C=O) groups is 1. The number of hydrogen-bond donors (Lipinski definition) is 2. The summed E-state index contributed by atoms with van der Waals surface area (Å²) in [6, 6.07) is 11.5. The zero-order valence-corrected chi connectivity index (χ0v) is 13.8. The van der Waals surface area contributed by atoms with Gasteiger partial charge in [0.15, 0.2) is 0 Å². The molecule has 3 aromatic rings. The predicted molar refractivity (Wildman–Crippen MR) is 91.1 cm³/mol. The van der Waals surface area contributed by atoms with E-state index in [1.807, 2.05) is 25.1 Å². The first-order valence-electron chi connectivity index (χ1n) is 7.22. The number of sulfonamides is 1. The second-order valence-electron chi connectivity index (χ2n) is 5.55. The molecule has 6 nitrogen and oxygen atoms in total. The fourth-order valence-corrected chi connectivity index (χ4v) is 2.95. The van der Waals surface area contributed by atoms with Crippen LogP contribution in [-0.4, -0.2) is 14.3 Å². The summed E-state index contributed by atoms with van der Waals surface area (Å²) >= 11 is 0. The number of rotatable bonds is 4. The van der Waals surface area contributed by atoms with Gasteiger partial charge < -0.3 is 9.73 Å². The Morgan fingerprint density at radius 2 is 1.88 bits per heavy atom. The van der Waals surface area contributed by atoms with Crippen LogP contribution in [-0.2, 0) is 21.2 Å². The molecule has 0 saturated heterocycles. The van der Waals surface area contributed by atoms with Crippen LogP contribution in [0.2, 0.25) is 0 Å². The van der Waals surface area contributed by atoms with Gasteiger partial charge in [0.2, 0.25) is 15.9 Å². The van der Waals surface area contributed by atoms with Crippen LogP contribution in [0.3, 0.4) is 0 Å². The molecule has 0 aliphatic carbocycles. The number of nitrogens with two attached hydrogens (primary N) is 1. The van der Waals surface area contributed by atoms with Crippen LogP contribution in [0.1, 0.15) is 11.1 Å². The van der Waals surface area contributed by atoms with Crippen LogP contribution >= 0.6 is 0 Å². The molecule has 1 heterocycles. The lowest BCUT2D eigenvalue weighted by Crippen LogP contribution is -2.15. The average molecular weight is 344 g/mol. The third-order valence-electron chi connectivity index (χ3n) is 3.63. The van der Waals surface area contributed by atoms with E-state index in [9.17, 15) is 13.2 Å². The Labute approximate surface area is 139 Å². The van der Waals surface area contributed by atoms with Gasteiger partial charge >= 0.3 is 0 Å². The Hall–Kier alpha value is -2.64. The molecule has 0 unspecified atom stereocenters. The van der Waals surface area contributed by atoms with Crippen molar-refractivity contribution in [3.63, 3.8) is 0 Å². The number of primary sulfonamides is 1. The van der Waals surface area contributed by atoms with Crippen molar-refractivity contribution in [3.05, 3.63) is 59.9 Å². The van der Waals surface area contributed by atoms with E-state index >= 15 is 0 Å². The molecule has 1 aromatic heterocycles. The first kappa shape index (κ1) is 16.2. The Morgan fingerprint density at radius 3 is 2.54 bits per heavy atom. The highest BCUT2D eigenvalue weighted by atomic mass is 32.2. The largest absolute Gasteiger partial charge is 0.464 e. The van der Waals surface area contributed by atoms with Crippen molar-refractivity contribution >= 4 is 32.6 Å². The molecule has 0 bridgehead atoms. The molecule has 2 aromatic carbocycles. The smallest absolute Gasteiger partial charge is 0.238 e. The quantitative estimate of drug-likeness (QED) is 0.759. The fourth-order valence-electron chi connectivity index (χ4n) is 2.43. The van der Waals surface area contributed by atoms with Gasteiger partial charge in [-0.15, -0.1) is 0 Å². The zero-order valence-electron chi connectivity index (χ0n) is 12.9. The predicted octanol–water partition coefficient (Wildman–Crippen LogP) is 2.57. The second kappa shape index (κ2) is 6.10. The van der Waals surface area contributed by atoms with Gasteiger partial charge in [-0.1, -0.05) is 12.1 Å². The summed E-state index contributed by atoms with van der Waals surface area (Å²) in [5, 5.41) is 8.66. The Morgan fingerprint density at radius 1 is 1.17 bits per heavy atom. The van der Waals surface area contributed by atoms with Crippen LogP contribution in [0.4, 0.5) is 5.69 Å². The molecule has 0 saturated carbocycles. The van der Waals surface area contributed by atoms with Crippen molar-refractivity contribution in [2.45, 2.75) is 18.2 Å². The molecule has 1 amide bonds. The van der Waals surface area contributed by atoms with Crippen LogP contribution < -0.4 is 10.5 Å². The van der Waals surface area contributed by atoms with Gasteiger partial charge in [-0.2, -0.15) is 0 Å². The summed E-state index contributed by atoms with van der Waals surface area (Å²) in [5.74, 6) is -0.221. The minimum atomic E-state index is -3.74. The van der Waals surface area contributed by atoms with Crippen molar-refractivity contribution < 1.29 is 17.6 Å². The number of nitrogens with one attached hydrogen (secondary N) is 1. The molecule has 0 atom stereocenters. The Balaban J connectivity index is 1.73. The Bertz CT molecular complexity index is 1000. The van der Waals surface area contributed by atoms with Crippen LogP contribution in [0, 0.1) is 6.92 Å². The summed E-state index contributed by atoms with van der Waals surface area (Å²) in [4.78, 5) is 12.2. The first-order valence-corrected chi connectivity index (χ1v) is 8.77. The van der Waals surface area contributed by atoms with E-state index in [1.165, 1.54) is 24.3 Å². The molecule has 24 heavy (non-hydrogen) atoms. The third-order valence-corrected chi connectivity index (χ3v) is 4.56. The normalized spacial score (nSPS) is 11.6. The lowest BCUT2D eigenvalue weighted by atomic mass is 10.1. The first-order chi connectivity index (χ1) is 11.3. The van der Waals surface area contributed by atoms with Gasteiger partial charge in [0.1, 0.15) is 5.58 Å². The number of anilines is 1. The van der Waals surface area contributed by atoms with Gasteiger partial charge in [-0.3, -0.25) is 4.79 Å². The lowest BCUT2D eigenvalue weighted by molar-refractivity contribution is -0.115. The number of benzene rings is 2. The standard InChI is InChI=1S/C17H16N2O4S/c1-11-2-7-15-12(10-23-16(15)8-11)9-17(20)19-13-3-5-14(6-4-13)24(18,21)22/h2-8,10H,9H2,1H3,(H,19,20)(H2,18,21,22). The van der Waals surface area contributed by atoms with Crippen molar-refractivity contribution in [2.75, 3.05) is 5.32 Å². The summed E-state index contributed by atoms with van der Waals surface area (Å²) in [5.41, 5.74) is 3.12. The molecular weight excluding hydrogens is 328 g/mol. The monoisotopic (exact) mass is 344 g/mol. The Kier molecular flexibility index (Phi) is 4.13. The van der Waals surface area contributed by atoms with E-state index in [0.29, 0.717) is 5.69 Å². The zero-order chi connectivity index (χ0) is 17.3. The highest BCUT2D eigenvalue weighted by Gasteiger charge is 2.12. The van der Waals surface area contributed by atoms with E-state index in [-0.39, 0.29) is 17.2 Å². The lowest BCUT2D eigenvalue weighted by Gasteiger charge is -2.05. The minimum Gasteiger partial charge on any atom is -0.464 e. The van der Waals surface area contributed by atoms with E-state index < -0.39 is 10.0 Å².